The average molecular weight is 342 g/mol. The molecule has 0 fully saturated rings. The fourth-order valence-corrected chi connectivity index (χ4v) is 3.04. The number of aryl methyl sites for hydroxylation is 1. The first kappa shape index (κ1) is 16.1. The van der Waals surface area contributed by atoms with Gasteiger partial charge in [-0.15, -0.1) is 0 Å². The molecule has 1 heterocycles. The maximum atomic E-state index is 12.6. The van der Waals surface area contributed by atoms with Gasteiger partial charge in [0.15, 0.2) is 0 Å². The minimum atomic E-state index is -0.311. The molecule has 0 aliphatic rings. The molecule has 26 heavy (non-hydrogen) atoms. The fourth-order valence-electron chi connectivity index (χ4n) is 3.04. The molecule has 0 aliphatic heterocycles. The average Bonchev–Trinajstić information content (AvgIpc) is 2.66. The van der Waals surface area contributed by atoms with Crippen molar-refractivity contribution in [2.45, 2.75) is 13.5 Å². The molecular weight excluding hydrogens is 324 g/mol. The van der Waals surface area contributed by atoms with Crippen molar-refractivity contribution >= 4 is 27.6 Å². The predicted octanol–water partition coefficient (Wildman–Crippen LogP) is 4.30. The number of amides is 1. The lowest BCUT2D eigenvalue weighted by atomic mass is 10.0. The first-order valence-electron chi connectivity index (χ1n) is 8.46. The Morgan fingerprint density at radius 3 is 2.58 bits per heavy atom. The van der Waals surface area contributed by atoms with E-state index in [2.05, 4.69) is 5.32 Å². The van der Waals surface area contributed by atoms with Gasteiger partial charge in [-0.1, -0.05) is 60.2 Å². The summed E-state index contributed by atoms with van der Waals surface area (Å²) >= 11 is 0. The van der Waals surface area contributed by atoms with Crippen molar-refractivity contribution in [1.82, 2.24) is 5.32 Å². The van der Waals surface area contributed by atoms with Crippen molar-refractivity contribution in [3.63, 3.8) is 0 Å². The van der Waals surface area contributed by atoms with Crippen LogP contribution < -0.4 is 10.9 Å². The third-order valence-corrected chi connectivity index (χ3v) is 4.49. The van der Waals surface area contributed by atoms with Gasteiger partial charge < -0.3 is 9.73 Å². The third-order valence-electron chi connectivity index (χ3n) is 4.49. The second-order valence-electron chi connectivity index (χ2n) is 6.36. The van der Waals surface area contributed by atoms with Crippen LogP contribution in [0.3, 0.4) is 0 Å². The highest BCUT2D eigenvalue weighted by Gasteiger charge is 2.13. The lowest BCUT2D eigenvalue weighted by Gasteiger charge is -2.08. The third kappa shape index (κ3) is 2.97. The molecule has 4 rings (SSSR count). The molecule has 0 saturated carbocycles. The summed E-state index contributed by atoms with van der Waals surface area (Å²) in [6.45, 7) is 2.43. The van der Waals surface area contributed by atoms with E-state index < -0.39 is 0 Å². The fraction of sp³-hybridized carbons (Fsp3) is 0.0909. The maximum absolute atomic E-state index is 12.6. The Bertz CT molecular complexity index is 1170. The lowest BCUT2D eigenvalue weighted by Crippen LogP contribution is -2.27. The van der Waals surface area contributed by atoms with E-state index in [-0.39, 0.29) is 17.0 Å². The highest BCUT2D eigenvalue weighted by Crippen LogP contribution is 2.24. The molecule has 1 amide bonds. The summed E-state index contributed by atoms with van der Waals surface area (Å²) in [6, 6.07) is 21.4. The first-order valence-corrected chi connectivity index (χ1v) is 8.46. The van der Waals surface area contributed by atoms with E-state index >= 15 is 0 Å². The van der Waals surface area contributed by atoms with Crippen LogP contribution in [-0.4, -0.2) is 5.91 Å². The van der Waals surface area contributed by atoms with Crippen LogP contribution in [0.1, 0.15) is 21.5 Å². The molecule has 0 aliphatic carbocycles. The molecular formula is C22H18N2O2. The van der Waals surface area contributed by atoms with Crippen LogP contribution in [-0.2, 0) is 6.54 Å². The second-order valence-corrected chi connectivity index (χ2v) is 6.36. The van der Waals surface area contributed by atoms with Crippen molar-refractivity contribution in [1.29, 1.82) is 5.41 Å². The Hall–Kier alpha value is -3.40. The van der Waals surface area contributed by atoms with Gasteiger partial charge in [-0.2, -0.15) is 0 Å². The number of carbonyl (C=O) groups is 1. The van der Waals surface area contributed by atoms with Gasteiger partial charge in [0.05, 0.1) is 0 Å². The Morgan fingerprint density at radius 1 is 1.00 bits per heavy atom. The monoisotopic (exact) mass is 342 g/mol. The summed E-state index contributed by atoms with van der Waals surface area (Å²) in [7, 11) is 0. The molecule has 4 aromatic rings. The summed E-state index contributed by atoms with van der Waals surface area (Å²) < 4.78 is 5.60. The van der Waals surface area contributed by atoms with E-state index in [4.69, 9.17) is 9.83 Å². The number of hydrogen-bond acceptors (Lipinski definition) is 3. The molecule has 0 spiro atoms. The number of benzene rings is 3. The minimum absolute atomic E-state index is 0.130. The number of carbonyl (C=O) groups excluding carboxylic acids is 1. The molecule has 1 aromatic heterocycles. The molecule has 128 valence electrons. The zero-order chi connectivity index (χ0) is 18.1. The Balaban J connectivity index is 1.69. The Morgan fingerprint density at radius 2 is 1.77 bits per heavy atom. The summed E-state index contributed by atoms with van der Waals surface area (Å²) in [5.74, 6) is -0.311. The van der Waals surface area contributed by atoms with Crippen molar-refractivity contribution < 1.29 is 9.21 Å². The zero-order valence-electron chi connectivity index (χ0n) is 14.4. The van der Waals surface area contributed by atoms with Crippen molar-refractivity contribution in [2.75, 3.05) is 0 Å². The minimum Gasteiger partial charge on any atom is -0.438 e. The summed E-state index contributed by atoms with van der Waals surface area (Å²) in [4.78, 5) is 12.6. The van der Waals surface area contributed by atoms with E-state index in [1.807, 2.05) is 67.6 Å². The van der Waals surface area contributed by atoms with Crippen molar-refractivity contribution in [2.24, 2.45) is 0 Å². The maximum Gasteiger partial charge on any atom is 0.257 e. The van der Waals surface area contributed by atoms with Gasteiger partial charge in [-0.05, 0) is 35.4 Å². The largest absolute Gasteiger partial charge is 0.438 e. The number of hydrogen-bond donors (Lipinski definition) is 2. The number of fused-ring (bicyclic) bond motifs is 3. The van der Waals surface area contributed by atoms with E-state index in [0.717, 1.165) is 21.7 Å². The summed E-state index contributed by atoms with van der Waals surface area (Å²) in [5.41, 5.74) is 2.89. The smallest absolute Gasteiger partial charge is 0.257 e. The summed E-state index contributed by atoms with van der Waals surface area (Å²) in [6.07, 6.45) is 0. The van der Waals surface area contributed by atoms with Gasteiger partial charge in [-0.25, -0.2) is 0 Å². The SMILES string of the molecule is Cc1ccc(CNC(=O)c2cc3c(ccc4ccccc43)oc2=N)cc1. The van der Waals surface area contributed by atoms with E-state index in [1.165, 1.54) is 5.56 Å². The van der Waals surface area contributed by atoms with Crippen LogP contribution in [0.15, 0.2) is 71.1 Å². The van der Waals surface area contributed by atoms with Gasteiger partial charge in [0, 0.05) is 11.9 Å². The van der Waals surface area contributed by atoms with Gasteiger partial charge in [0.1, 0.15) is 11.1 Å². The molecule has 2 N–H and O–H groups in total. The van der Waals surface area contributed by atoms with E-state index in [1.54, 1.807) is 6.07 Å². The van der Waals surface area contributed by atoms with E-state index in [0.29, 0.717) is 12.1 Å². The van der Waals surface area contributed by atoms with Crippen LogP contribution in [0.5, 0.6) is 0 Å². The normalized spacial score (nSPS) is 11.0. The highest BCUT2D eigenvalue weighted by atomic mass is 16.3. The Labute approximate surface area is 150 Å². The van der Waals surface area contributed by atoms with Crippen molar-refractivity contribution in [3.05, 3.63) is 89.0 Å². The van der Waals surface area contributed by atoms with Crippen LogP contribution in [0.2, 0.25) is 0 Å². The highest BCUT2D eigenvalue weighted by molar-refractivity contribution is 6.07. The van der Waals surface area contributed by atoms with Crippen molar-refractivity contribution in [3.8, 4) is 0 Å². The standard InChI is InChI=1S/C22H18N2O2/c1-14-6-8-15(9-7-14)13-24-22(25)19-12-18-17-5-3-2-4-16(17)10-11-20(18)26-21(19)23/h2-12,23H,13H2,1H3,(H,24,25). The second kappa shape index (κ2) is 6.48. The molecule has 0 atom stereocenters. The van der Waals surface area contributed by atoms with Crippen LogP contribution in [0.25, 0.3) is 21.7 Å². The lowest BCUT2D eigenvalue weighted by molar-refractivity contribution is 0.0946. The van der Waals surface area contributed by atoms with Crippen LogP contribution in [0.4, 0.5) is 0 Å². The van der Waals surface area contributed by atoms with Gasteiger partial charge in [0.2, 0.25) is 5.55 Å². The zero-order valence-corrected chi connectivity index (χ0v) is 14.4. The first-order chi connectivity index (χ1) is 12.6. The Kier molecular flexibility index (Phi) is 4.01. The molecule has 0 radical (unpaired) electrons. The quantitative estimate of drug-likeness (QED) is 0.545. The van der Waals surface area contributed by atoms with Gasteiger partial charge in [0.25, 0.3) is 5.91 Å². The molecule has 3 aromatic carbocycles. The molecule has 4 nitrogen and oxygen atoms in total. The van der Waals surface area contributed by atoms with Gasteiger partial charge >= 0.3 is 0 Å². The molecule has 4 heteroatoms. The number of rotatable bonds is 3. The summed E-state index contributed by atoms with van der Waals surface area (Å²) in [5, 5.41) is 13.8. The molecule has 0 bridgehead atoms. The van der Waals surface area contributed by atoms with E-state index in [9.17, 15) is 4.79 Å². The van der Waals surface area contributed by atoms with Crippen LogP contribution >= 0.6 is 0 Å². The molecule has 0 unspecified atom stereocenters. The van der Waals surface area contributed by atoms with Crippen LogP contribution in [0, 0.1) is 12.3 Å². The topological polar surface area (TPSA) is 66.1 Å². The molecule has 0 saturated heterocycles. The number of nitrogens with one attached hydrogen (secondary N) is 2. The van der Waals surface area contributed by atoms with Gasteiger partial charge in [-0.3, -0.25) is 10.2 Å². The predicted molar refractivity (Wildman–Crippen MR) is 102 cm³/mol.